The minimum atomic E-state index is -1.94. The SMILES string of the molecule is CC(=O)C(F)C(C)F. The molecule has 48 valence electrons. The van der Waals surface area contributed by atoms with E-state index in [1.54, 1.807) is 0 Å². The molecule has 0 fully saturated rings. The fourth-order valence-corrected chi connectivity index (χ4v) is 0.323. The smallest absolute Gasteiger partial charge is 0.188 e. The van der Waals surface area contributed by atoms with Crippen molar-refractivity contribution in [1.82, 2.24) is 0 Å². The number of carbonyl (C=O) groups is 1. The van der Waals surface area contributed by atoms with Gasteiger partial charge in [-0.05, 0) is 13.8 Å². The van der Waals surface area contributed by atoms with Crippen LogP contribution >= 0.6 is 0 Å². The summed E-state index contributed by atoms with van der Waals surface area (Å²) in [7, 11) is 0. The van der Waals surface area contributed by atoms with Crippen LogP contribution in [-0.4, -0.2) is 18.1 Å². The first kappa shape index (κ1) is 7.53. The highest BCUT2D eigenvalue weighted by molar-refractivity contribution is 5.80. The largest absolute Gasteiger partial charge is 0.297 e. The monoisotopic (exact) mass is 122 g/mol. The minimum Gasteiger partial charge on any atom is -0.297 e. The Morgan fingerprint density at radius 3 is 1.88 bits per heavy atom. The Morgan fingerprint density at radius 1 is 1.50 bits per heavy atom. The summed E-state index contributed by atoms with van der Waals surface area (Å²) in [6.45, 7) is 2.05. The molecular weight excluding hydrogens is 114 g/mol. The maximum Gasteiger partial charge on any atom is 0.188 e. The van der Waals surface area contributed by atoms with Crippen LogP contribution in [-0.2, 0) is 4.79 Å². The number of Topliss-reactive ketones (excluding diaryl/α,β-unsaturated/α-hetero) is 1. The Balaban J connectivity index is 3.64. The van der Waals surface area contributed by atoms with E-state index in [1.165, 1.54) is 0 Å². The van der Waals surface area contributed by atoms with E-state index in [9.17, 15) is 13.6 Å². The molecule has 0 radical (unpaired) electrons. The average molecular weight is 122 g/mol. The van der Waals surface area contributed by atoms with Crippen molar-refractivity contribution in [3.8, 4) is 0 Å². The molecular formula is C5H8F2O. The molecule has 0 saturated carbocycles. The Kier molecular flexibility index (Phi) is 2.58. The molecule has 1 nitrogen and oxygen atoms in total. The Labute approximate surface area is 46.7 Å². The van der Waals surface area contributed by atoms with Crippen LogP contribution in [0.5, 0.6) is 0 Å². The zero-order valence-corrected chi connectivity index (χ0v) is 4.82. The first-order valence-electron chi connectivity index (χ1n) is 2.34. The molecule has 0 aliphatic carbocycles. The zero-order valence-electron chi connectivity index (χ0n) is 4.82. The highest BCUT2D eigenvalue weighted by Crippen LogP contribution is 2.02. The van der Waals surface area contributed by atoms with Gasteiger partial charge < -0.3 is 0 Å². The van der Waals surface area contributed by atoms with Crippen LogP contribution in [0.15, 0.2) is 0 Å². The maximum absolute atomic E-state index is 11.9. The van der Waals surface area contributed by atoms with Crippen LogP contribution < -0.4 is 0 Å². The first-order chi connectivity index (χ1) is 3.55. The summed E-state index contributed by atoms with van der Waals surface area (Å²) in [5, 5.41) is 0. The van der Waals surface area contributed by atoms with E-state index in [0.29, 0.717) is 0 Å². The predicted molar refractivity (Wildman–Crippen MR) is 26.1 cm³/mol. The van der Waals surface area contributed by atoms with Crippen molar-refractivity contribution >= 4 is 5.78 Å². The van der Waals surface area contributed by atoms with Gasteiger partial charge in [0.25, 0.3) is 0 Å². The Bertz CT molecular complexity index is 90.4. The van der Waals surface area contributed by atoms with Gasteiger partial charge in [-0.2, -0.15) is 0 Å². The van der Waals surface area contributed by atoms with Crippen molar-refractivity contribution in [3.05, 3.63) is 0 Å². The number of hydrogen-bond donors (Lipinski definition) is 0. The lowest BCUT2D eigenvalue weighted by Gasteiger charge is -2.01. The lowest BCUT2D eigenvalue weighted by atomic mass is 10.2. The third-order valence-corrected chi connectivity index (χ3v) is 0.792. The molecule has 0 heterocycles. The van der Waals surface area contributed by atoms with Gasteiger partial charge in [-0.25, -0.2) is 8.78 Å². The topological polar surface area (TPSA) is 17.1 Å². The molecule has 8 heavy (non-hydrogen) atoms. The molecule has 0 saturated heterocycles. The van der Waals surface area contributed by atoms with Crippen molar-refractivity contribution in [3.63, 3.8) is 0 Å². The minimum absolute atomic E-state index is 0.750. The summed E-state index contributed by atoms with van der Waals surface area (Å²) < 4.78 is 23.7. The Hall–Kier alpha value is -0.470. The molecule has 0 bridgehead atoms. The van der Waals surface area contributed by atoms with Crippen molar-refractivity contribution < 1.29 is 13.6 Å². The fourth-order valence-electron chi connectivity index (χ4n) is 0.323. The van der Waals surface area contributed by atoms with Crippen LogP contribution in [0.3, 0.4) is 0 Å². The van der Waals surface area contributed by atoms with Crippen LogP contribution in [0.25, 0.3) is 0 Å². The third kappa shape index (κ3) is 2.00. The van der Waals surface area contributed by atoms with Gasteiger partial charge in [0.05, 0.1) is 0 Å². The molecule has 0 spiro atoms. The van der Waals surface area contributed by atoms with Gasteiger partial charge in [-0.15, -0.1) is 0 Å². The lowest BCUT2D eigenvalue weighted by Crippen LogP contribution is -2.21. The van der Waals surface area contributed by atoms with Crippen LogP contribution in [0.2, 0.25) is 0 Å². The molecule has 3 heteroatoms. The molecule has 0 aromatic carbocycles. The van der Waals surface area contributed by atoms with Gasteiger partial charge in [0.2, 0.25) is 0 Å². The summed E-state index contributed by atoms with van der Waals surface area (Å²) >= 11 is 0. The molecule has 2 atom stereocenters. The van der Waals surface area contributed by atoms with Gasteiger partial charge >= 0.3 is 0 Å². The van der Waals surface area contributed by atoms with Crippen molar-refractivity contribution in [2.45, 2.75) is 26.2 Å². The van der Waals surface area contributed by atoms with Gasteiger partial charge in [0.15, 0.2) is 12.0 Å². The molecule has 2 unspecified atom stereocenters. The molecule has 0 amide bonds. The van der Waals surface area contributed by atoms with Gasteiger partial charge in [0, 0.05) is 0 Å². The summed E-state index contributed by atoms with van der Waals surface area (Å²) in [6, 6.07) is 0. The van der Waals surface area contributed by atoms with E-state index in [-0.39, 0.29) is 0 Å². The van der Waals surface area contributed by atoms with Crippen molar-refractivity contribution in [1.29, 1.82) is 0 Å². The summed E-state index contributed by atoms with van der Waals surface area (Å²) in [5.74, 6) is -0.750. The van der Waals surface area contributed by atoms with Crippen molar-refractivity contribution in [2.75, 3.05) is 0 Å². The quantitative estimate of drug-likeness (QED) is 0.539. The summed E-state index contributed by atoms with van der Waals surface area (Å²) in [5.41, 5.74) is 0. The third-order valence-electron chi connectivity index (χ3n) is 0.792. The standard InChI is InChI=1S/C5H8F2O/c1-3(6)5(7)4(2)8/h3,5H,1-2H3. The average Bonchev–Trinajstić information content (AvgIpc) is 1.64. The number of ketones is 1. The molecule has 0 N–H and O–H groups in total. The van der Waals surface area contributed by atoms with Gasteiger partial charge in [-0.1, -0.05) is 0 Å². The maximum atomic E-state index is 11.9. The van der Waals surface area contributed by atoms with Crippen LogP contribution in [0, 0.1) is 0 Å². The predicted octanol–water partition coefficient (Wildman–Crippen LogP) is 1.27. The van der Waals surface area contributed by atoms with E-state index in [2.05, 4.69) is 0 Å². The second-order valence-corrected chi connectivity index (χ2v) is 1.69. The van der Waals surface area contributed by atoms with Gasteiger partial charge in [-0.3, -0.25) is 4.79 Å². The highest BCUT2D eigenvalue weighted by Gasteiger charge is 2.19. The summed E-state index contributed by atoms with van der Waals surface area (Å²) in [6.07, 6.45) is -3.61. The zero-order chi connectivity index (χ0) is 6.73. The van der Waals surface area contributed by atoms with Gasteiger partial charge in [0.1, 0.15) is 6.17 Å². The molecule has 0 rings (SSSR count). The molecule has 0 aromatic heterocycles. The number of halogens is 2. The molecule has 0 aliphatic heterocycles. The lowest BCUT2D eigenvalue weighted by molar-refractivity contribution is -0.123. The number of carbonyl (C=O) groups excluding carboxylic acids is 1. The normalized spacial score (nSPS) is 17.5. The Morgan fingerprint density at radius 2 is 1.88 bits per heavy atom. The van der Waals surface area contributed by atoms with E-state index in [4.69, 9.17) is 0 Å². The molecule has 0 aliphatic rings. The van der Waals surface area contributed by atoms with E-state index < -0.39 is 18.1 Å². The van der Waals surface area contributed by atoms with Crippen LogP contribution in [0.4, 0.5) is 8.78 Å². The van der Waals surface area contributed by atoms with Crippen LogP contribution in [0.1, 0.15) is 13.8 Å². The summed E-state index contributed by atoms with van der Waals surface area (Å²) in [4.78, 5) is 9.97. The van der Waals surface area contributed by atoms with Crippen molar-refractivity contribution in [2.24, 2.45) is 0 Å². The second kappa shape index (κ2) is 2.74. The highest BCUT2D eigenvalue weighted by atomic mass is 19.2. The second-order valence-electron chi connectivity index (χ2n) is 1.69. The van der Waals surface area contributed by atoms with E-state index >= 15 is 0 Å². The number of hydrogen-bond acceptors (Lipinski definition) is 1. The first-order valence-corrected chi connectivity index (χ1v) is 2.34. The van der Waals surface area contributed by atoms with E-state index in [0.717, 1.165) is 13.8 Å². The number of rotatable bonds is 2. The van der Waals surface area contributed by atoms with E-state index in [1.807, 2.05) is 0 Å². The number of alkyl halides is 2. The fraction of sp³-hybridized carbons (Fsp3) is 0.800. The molecule has 0 aromatic rings.